The number of fused-ring (bicyclic) bond motifs is 1. The lowest BCUT2D eigenvalue weighted by atomic mass is 9.94. The molecule has 6 heteroatoms. The molecule has 1 unspecified atom stereocenters. The first-order valence-corrected chi connectivity index (χ1v) is 9.73. The van der Waals surface area contributed by atoms with Crippen LogP contribution >= 0.6 is 11.6 Å². The zero-order valence-corrected chi connectivity index (χ0v) is 16.2. The Labute approximate surface area is 172 Å². The van der Waals surface area contributed by atoms with Gasteiger partial charge in [-0.1, -0.05) is 54.1 Å². The molecular weight excluding hydrogens is 384 g/mol. The highest BCUT2D eigenvalue weighted by molar-refractivity contribution is 6.30. The van der Waals surface area contributed by atoms with Crippen LogP contribution in [0.2, 0.25) is 5.02 Å². The summed E-state index contributed by atoms with van der Waals surface area (Å²) < 4.78 is 1.65. The van der Waals surface area contributed by atoms with Crippen molar-refractivity contribution in [1.29, 1.82) is 0 Å². The van der Waals surface area contributed by atoms with Crippen molar-refractivity contribution in [2.75, 3.05) is 6.54 Å². The van der Waals surface area contributed by atoms with Gasteiger partial charge in [0.15, 0.2) is 5.82 Å². The zero-order chi connectivity index (χ0) is 19.8. The predicted octanol–water partition coefficient (Wildman–Crippen LogP) is 4.13. The van der Waals surface area contributed by atoms with Crippen molar-refractivity contribution >= 4 is 28.2 Å². The summed E-state index contributed by atoms with van der Waals surface area (Å²) in [4.78, 5) is 18.3. The van der Waals surface area contributed by atoms with Crippen LogP contribution in [-0.4, -0.2) is 21.8 Å². The molecule has 5 nitrogen and oxygen atoms in total. The molecule has 4 aromatic rings. The SMILES string of the molecule is O=c1c2ccccc2nc(C2=NNCC2c2ccc(Cl)cc2)n1-c1ccccc1. The molecule has 0 saturated heterocycles. The van der Waals surface area contributed by atoms with Gasteiger partial charge >= 0.3 is 0 Å². The van der Waals surface area contributed by atoms with E-state index in [-0.39, 0.29) is 11.5 Å². The van der Waals surface area contributed by atoms with Gasteiger partial charge in [0.1, 0.15) is 5.71 Å². The van der Waals surface area contributed by atoms with E-state index in [1.54, 1.807) is 10.6 Å². The van der Waals surface area contributed by atoms with Gasteiger partial charge < -0.3 is 5.43 Å². The third-order valence-electron chi connectivity index (χ3n) is 5.12. The van der Waals surface area contributed by atoms with Crippen LogP contribution in [0, 0.1) is 0 Å². The molecule has 3 aromatic carbocycles. The van der Waals surface area contributed by atoms with Crippen LogP contribution in [0.1, 0.15) is 17.3 Å². The molecule has 0 fully saturated rings. The number of nitrogens with zero attached hydrogens (tertiary/aromatic N) is 3. The monoisotopic (exact) mass is 400 g/mol. The molecule has 0 amide bonds. The Morgan fingerprint density at radius 2 is 1.66 bits per heavy atom. The Bertz CT molecular complexity index is 1280. The maximum Gasteiger partial charge on any atom is 0.266 e. The Morgan fingerprint density at radius 1 is 0.931 bits per heavy atom. The molecule has 5 rings (SSSR count). The molecule has 142 valence electrons. The largest absolute Gasteiger partial charge is 0.309 e. The maximum absolute atomic E-state index is 13.4. The standard InChI is InChI=1S/C23H17ClN4O/c24-16-12-10-15(11-13-16)19-14-25-27-21(19)22-26-20-9-5-4-8-18(20)23(29)28(22)17-6-2-1-3-7-17/h1-13,19,25H,14H2. The molecular formula is C23H17ClN4O. The van der Waals surface area contributed by atoms with E-state index in [0.29, 0.717) is 28.3 Å². The van der Waals surface area contributed by atoms with E-state index in [0.717, 1.165) is 17.0 Å². The van der Waals surface area contributed by atoms with Crippen molar-refractivity contribution in [3.63, 3.8) is 0 Å². The molecule has 0 radical (unpaired) electrons. The average molecular weight is 401 g/mol. The van der Waals surface area contributed by atoms with Gasteiger partial charge in [0.2, 0.25) is 0 Å². The highest BCUT2D eigenvalue weighted by Gasteiger charge is 2.29. The third kappa shape index (κ3) is 3.09. The number of benzene rings is 3. The molecule has 1 aliphatic heterocycles. The van der Waals surface area contributed by atoms with Crippen molar-refractivity contribution in [2.45, 2.75) is 5.92 Å². The van der Waals surface area contributed by atoms with E-state index < -0.39 is 0 Å². The van der Waals surface area contributed by atoms with Gasteiger partial charge in [-0.25, -0.2) is 4.98 Å². The number of rotatable bonds is 3. The molecule has 1 atom stereocenters. The van der Waals surface area contributed by atoms with Gasteiger partial charge in [-0.3, -0.25) is 9.36 Å². The molecule has 1 aliphatic rings. The lowest BCUT2D eigenvalue weighted by molar-refractivity contribution is 0.763. The second kappa shape index (κ2) is 7.18. The number of hydrazone groups is 1. The topological polar surface area (TPSA) is 59.3 Å². The van der Waals surface area contributed by atoms with Crippen LogP contribution in [-0.2, 0) is 0 Å². The lowest BCUT2D eigenvalue weighted by Crippen LogP contribution is -2.28. The Kier molecular flexibility index (Phi) is 4.37. The van der Waals surface area contributed by atoms with Gasteiger partial charge in [-0.05, 0) is 42.0 Å². The van der Waals surface area contributed by atoms with Crippen LogP contribution in [0.25, 0.3) is 16.6 Å². The van der Waals surface area contributed by atoms with Gasteiger partial charge in [0.05, 0.1) is 22.5 Å². The minimum Gasteiger partial charge on any atom is -0.309 e. The number of aromatic nitrogens is 2. The number of para-hydroxylation sites is 2. The summed E-state index contributed by atoms with van der Waals surface area (Å²) in [6, 6.07) is 24.7. The van der Waals surface area contributed by atoms with Gasteiger partial charge in [0, 0.05) is 11.6 Å². The fourth-order valence-electron chi connectivity index (χ4n) is 3.69. The number of nitrogens with one attached hydrogen (secondary N) is 1. The van der Waals surface area contributed by atoms with Crippen LogP contribution in [0.15, 0.2) is 88.8 Å². The summed E-state index contributed by atoms with van der Waals surface area (Å²) in [6.07, 6.45) is 0. The Hall–Kier alpha value is -3.44. The number of hydrogen-bond acceptors (Lipinski definition) is 4. The van der Waals surface area contributed by atoms with Crippen LogP contribution in [0.5, 0.6) is 0 Å². The van der Waals surface area contributed by atoms with Crippen molar-refractivity contribution in [1.82, 2.24) is 15.0 Å². The average Bonchev–Trinajstić information content (AvgIpc) is 3.24. The van der Waals surface area contributed by atoms with Crippen molar-refractivity contribution in [3.05, 3.63) is 106 Å². The highest BCUT2D eigenvalue weighted by atomic mass is 35.5. The molecule has 0 spiro atoms. The third-order valence-corrected chi connectivity index (χ3v) is 5.37. The first-order chi connectivity index (χ1) is 14.2. The van der Waals surface area contributed by atoms with E-state index >= 15 is 0 Å². The minimum atomic E-state index is -0.110. The van der Waals surface area contributed by atoms with Crippen molar-refractivity contribution in [2.24, 2.45) is 5.10 Å². The molecule has 1 N–H and O–H groups in total. The number of halogens is 1. The summed E-state index contributed by atoms with van der Waals surface area (Å²) in [5.41, 5.74) is 6.19. The summed E-state index contributed by atoms with van der Waals surface area (Å²) >= 11 is 6.06. The van der Waals surface area contributed by atoms with Crippen molar-refractivity contribution in [3.8, 4) is 5.69 Å². The zero-order valence-electron chi connectivity index (χ0n) is 15.4. The normalized spacial score (nSPS) is 15.9. The molecule has 2 heterocycles. The summed E-state index contributed by atoms with van der Waals surface area (Å²) in [6.45, 7) is 0.633. The highest BCUT2D eigenvalue weighted by Crippen LogP contribution is 2.26. The number of hydrogen-bond donors (Lipinski definition) is 1. The fourth-order valence-corrected chi connectivity index (χ4v) is 3.82. The summed E-state index contributed by atoms with van der Waals surface area (Å²) in [5.74, 6) is 0.514. The summed E-state index contributed by atoms with van der Waals surface area (Å²) in [7, 11) is 0. The van der Waals surface area contributed by atoms with E-state index in [1.165, 1.54) is 0 Å². The maximum atomic E-state index is 13.4. The fraction of sp³-hybridized carbons (Fsp3) is 0.0870. The first kappa shape index (κ1) is 17.6. The van der Waals surface area contributed by atoms with E-state index in [1.807, 2.05) is 72.8 Å². The van der Waals surface area contributed by atoms with E-state index in [2.05, 4.69) is 10.5 Å². The lowest BCUT2D eigenvalue weighted by Gasteiger charge is -2.17. The Morgan fingerprint density at radius 3 is 2.45 bits per heavy atom. The summed E-state index contributed by atoms with van der Waals surface area (Å²) in [5, 5.41) is 5.79. The second-order valence-corrected chi connectivity index (χ2v) is 7.33. The molecule has 0 bridgehead atoms. The molecule has 0 saturated carbocycles. The molecule has 1 aromatic heterocycles. The smallest absolute Gasteiger partial charge is 0.266 e. The van der Waals surface area contributed by atoms with Gasteiger partial charge in [-0.2, -0.15) is 5.10 Å². The van der Waals surface area contributed by atoms with Crippen LogP contribution in [0.4, 0.5) is 0 Å². The van der Waals surface area contributed by atoms with Gasteiger partial charge in [-0.15, -0.1) is 0 Å². The second-order valence-electron chi connectivity index (χ2n) is 6.89. The molecule has 29 heavy (non-hydrogen) atoms. The van der Waals surface area contributed by atoms with Crippen molar-refractivity contribution < 1.29 is 0 Å². The van der Waals surface area contributed by atoms with Gasteiger partial charge in [0.25, 0.3) is 5.56 Å². The van der Waals surface area contributed by atoms with E-state index in [9.17, 15) is 4.79 Å². The van der Waals surface area contributed by atoms with Crippen LogP contribution in [0.3, 0.4) is 0 Å². The Balaban J connectivity index is 1.75. The predicted molar refractivity (Wildman–Crippen MR) is 116 cm³/mol. The minimum absolute atomic E-state index is 0.0321. The molecule has 0 aliphatic carbocycles. The van der Waals surface area contributed by atoms with E-state index in [4.69, 9.17) is 16.6 Å². The first-order valence-electron chi connectivity index (χ1n) is 9.36. The van der Waals surface area contributed by atoms with Crippen LogP contribution < -0.4 is 11.0 Å². The quantitative estimate of drug-likeness (QED) is 0.562.